The molecular weight excluding hydrogens is 275 g/mol. The fraction of sp³-hybridized carbons (Fsp3) is 0.167. The minimum Gasteiger partial charge on any atom is -0.506 e. The Morgan fingerprint density at radius 1 is 1.30 bits per heavy atom. The first-order valence-electron chi connectivity index (χ1n) is 5.53. The van der Waals surface area contributed by atoms with Crippen LogP contribution in [-0.4, -0.2) is 14.9 Å². The van der Waals surface area contributed by atoms with Gasteiger partial charge in [0.05, 0.1) is 11.3 Å². The van der Waals surface area contributed by atoms with Crippen molar-refractivity contribution in [3.05, 3.63) is 51.9 Å². The van der Waals surface area contributed by atoms with Crippen molar-refractivity contribution in [2.24, 2.45) is 5.73 Å². The molecule has 1 heterocycles. The molecule has 106 valence electrons. The Balaban J connectivity index is 2.73. The largest absolute Gasteiger partial charge is 0.506 e. The van der Waals surface area contributed by atoms with Crippen LogP contribution in [0.5, 0.6) is 5.75 Å². The summed E-state index contributed by atoms with van der Waals surface area (Å²) >= 11 is 0. The number of aromatic hydroxyl groups is 1. The lowest BCUT2D eigenvalue weighted by Crippen LogP contribution is -2.25. The molecule has 5 nitrogen and oxygen atoms in total. The van der Waals surface area contributed by atoms with Crippen LogP contribution in [0.4, 0.5) is 13.2 Å². The smallest absolute Gasteiger partial charge is 0.418 e. The predicted octanol–water partition coefficient (Wildman–Crippen LogP) is 1.42. The van der Waals surface area contributed by atoms with E-state index in [2.05, 4.69) is 5.10 Å². The van der Waals surface area contributed by atoms with Crippen LogP contribution in [0.25, 0.3) is 5.69 Å². The van der Waals surface area contributed by atoms with Gasteiger partial charge in [0.15, 0.2) is 0 Å². The van der Waals surface area contributed by atoms with E-state index >= 15 is 0 Å². The summed E-state index contributed by atoms with van der Waals surface area (Å²) in [4.78, 5) is 11.7. The number of hydrogen-bond donors (Lipinski definition) is 2. The Morgan fingerprint density at radius 3 is 2.55 bits per heavy atom. The third kappa shape index (κ3) is 2.50. The number of para-hydroxylation sites is 1. The van der Waals surface area contributed by atoms with Gasteiger partial charge in [-0.05, 0) is 12.1 Å². The first kappa shape index (κ1) is 14.1. The third-order valence-electron chi connectivity index (χ3n) is 2.62. The quantitative estimate of drug-likeness (QED) is 0.874. The van der Waals surface area contributed by atoms with E-state index in [0.29, 0.717) is 4.68 Å². The van der Waals surface area contributed by atoms with Crippen molar-refractivity contribution in [1.29, 1.82) is 0 Å². The molecular formula is C12H10F3N3O2. The normalized spacial score (nSPS) is 11.6. The highest BCUT2D eigenvalue weighted by atomic mass is 19.4. The number of rotatable bonds is 2. The summed E-state index contributed by atoms with van der Waals surface area (Å²) in [5.74, 6) is -0.446. The topological polar surface area (TPSA) is 81.1 Å². The fourth-order valence-electron chi connectivity index (χ4n) is 1.70. The van der Waals surface area contributed by atoms with Crippen molar-refractivity contribution in [3.8, 4) is 11.4 Å². The molecule has 1 aromatic heterocycles. The molecule has 0 atom stereocenters. The van der Waals surface area contributed by atoms with Gasteiger partial charge >= 0.3 is 6.18 Å². The molecule has 2 rings (SSSR count). The van der Waals surface area contributed by atoms with E-state index in [9.17, 15) is 23.1 Å². The van der Waals surface area contributed by atoms with Crippen LogP contribution in [0.1, 0.15) is 11.3 Å². The lowest BCUT2D eigenvalue weighted by Gasteiger charge is -2.14. The summed E-state index contributed by atoms with van der Waals surface area (Å²) in [5, 5.41) is 13.1. The molecule has 2 aromatic rings. The van der Waals surface area contributed by atoms with Crippen molar-refractivity contribution in [2.75, 3.05) is 0 Å². The van der Waals surface area contributed by atoms with Crippen LogP contribution in [0.15, 0.2) is 35.1 Å². The average molecular weight is 285 g/mol. The minimum absolute atomic E-state index is 0.0680. The van der Waals surface area contributed by atoms with Gasteiger partial charge in [-0.25, -0.2) is 0 Å². The predicted molar refractivity (Wildman–Crippen MR) is 64.4 cm³/mol. The van der Waals surface area contributed by atoms with Crippen LogP contribution in [0.3, 0.4) is 0 Å². The molecule has 0 aliphatic carbocycles. The monoisotopic (exact) mass is 285 g/mol. The van der Waals surface area contributed by atoms with E-state index < -0.39 is 28.7 Å². The molecule has 0 bridgehead atoms. The number of alkyl halides is 3. The summed E-state index contributed by atoms with van der Waals surface area (Å²) in [6.45, 7) is -0.208. The van der Waals surface area contributed by atoms with E-state index in [1.807, 2.05) is 0 Å². The number of nitrogens with zero attached hydrogens (tertiary/aromatic N) is 2. The van der Waals surface area contributed by atoms with Crippen molar-refractivity contribution in [2.45, 2.75) is 12.7 Å². The molecule has 20 heavy (non-hydrogen) atoms. The number of hydrogen-bond acceptors (Lipinski definition) is 4. The third-order valence-corrected chi connectivity index (χ3v) is 2.62. The van der Waals surface area contributed by atoms with E-state index in [4.69, 9.17) is 5.73 Å². The number of nitrogens with two attached hydrogens (primary N) is 1. The second-order valence-corrected chi connectivity index (χ2v) is 3.95. The van der Waals surface area contributed by atoms with Gasteiger partial charge in [-0.1, -0.05) is 12.1 Å². The van der Waals surface area contributed by atoms with Gasteiger partial charge in [-0.3, -0.25) is 4.79 Å². The van der Waals surface area contributed by atoms with Crippen molar-refractivity contribution in [3.63, 3.8) is 0 Å². The first-order chi connectivity index (χ1) is 9.34. The van der Waals surface area contributed by atoms with Crippen molar-refractivity contribution in [1.82, 2.24) is 9.78 Å². The van der Waals surface area contributed by atoms with E-state index in [1.54, 1.807) is 0 Å². The second kappa shape index (κ2) is 4.97. The van der Waals surface area contributed by atoms with Gasteiger partial charge in [0.1, 0.15) is 11.4 Å². The molecule has 0 fully saturated rings. The van der Waals surface area contributed by atoms with Crippen LogP contribution in [0.2, 0.25) is 0 Å². The van der Waals surface area contributed by atoms with Gasteiger partial charge in [-0.15, -0.1) is 0 Å². The maximum absolute atomic E-state index is 12.9. The molecule has 8 heteroatoms. The van der Waals surface area contributed by atoms with Gasteiger partial charge in [0.2, 0.25) is 0 Å². The van der Waals surface area contributed by atoms with Crippen LogP contribution in [-0.2, 0) is 12.7 Å². The van der Waals surface area contributed by atoms with E-state index in [0.717, 1.165) is 18.2 Å². The lowest BCUT2D eigenvalue weighted by atomic mass is 10.1. The lowest BCUT2D eigenvalue weighted by molar-refractivity contribution is -0.137. The van der Waals surface area contributed by atoms with Gasteiger partial charge in [-0.2, -0.15) is 23.0 Å². The van der Waals surface area contributed by atoms with Gasteiger partial charge < -0.3 is 10.8 Å². The second-order valence-electron chi connectivity index (χ2n) is 3.95. The molecule has 0 saturated heterocycles. The molecule has 0 spiro atoms. The fourth-order valence-corrected chi connectivity index (χ4v) is 1.70. The Bertz CT molecular complexity index is 695. The number of halogens is 3. The highest BCUT2D eigenvalue weighted by Crippen LogP contribution is 2.33. The summed E-state index contributed by atoms with van der Waals surface area (Å²) in [7, 11) is 0. The highest BCUT2D eigenvalue weighted by Gasteiger charge is 2.34. The first-order valence-corrected chi connectivity index (χ1v) is 5.53. The Morgan fingerprint density at radius 2 is 1.95 bits per heavy atom. The maximum atomic E-state index is 12.9. The molecule has 0 aliphatic heterocycles. The average Bonchev–Trinajstić information content (AvgIpc) is 2.38. The maximum Gasteiger partial charge on any atom is 0.418 e. The SMILES string of the molecule is NCc1nn(-c2ccccc2C(F)(F)F)c(=O)cc1O. The van der Waals surface area contributed by atoms with Gasteiger partial charge in [0, 0.05) is 12.6 Å². The van der Waals surface area contributed by atoms with Crippen molar-refractivity contribution < 1.29 is 18.3 Å². The molecule has 0 saturated carbocycles. The van der Waals surface area contributed by atoms with Gasteiger partial charge in [0.25, 0.3) is 5.56 Å². The minimum atomic E-state index is -4.63. The molecule has 1 aromatic carbocycles. The summed E-state index contributed by atoms with van der Waals surface area (Å²) < 4.78 is 39.3. The number of aromatic nitrogens is 2. The summed E-state index contributed by atoms with van der Waals surface area (Å²) in [6, 6.07) is 5.31. The highest BCUT2D eigenvalue weighted by molar-refractivity contribution is 5.42. The zero-order valence-electron chi connectivity index (χ0n) is 10.1. The van der Waals surface area contributed by atoms with Crippen molar-refractivity contribution >= 4 is 0 Å². The van der Waals surface area contributed by atoms with E-state index in [-0.39, 0.29) is 12.2 Å². The summed E-state index contributed by atoms with van der Waals surface area (Å²) in [6.07, 6.45) is -4.63. The van der Waals surface area contributed by atoms with Crippen LogP contribution < -0.4 is 11.3 Å². The van der Waals surface area contributed by atoms with Crippen LogP contribution in [0, 0.1) is 0 Å². The van der Waals surface area contributed by atoms with E-state index in [1.165, 1.54) is 12.1 Å². The Labute approximate surface area is 111 Å². The molecule has 0 aliphatic rings. The zero-order chi connectivity index (χ0) is 14.9. The zero-order valence-corrected chi connectivity index (χ0v) is 10.1. The molecule has 0 radical (unpaired) electrons. The molecule has 0 unspecified atom stereocenters. The van der Waals surface area contributed by atoms with Crippen LogP contribution >= 0.6 is 0 Å². The standard InChI is InChI=1S/C12H10F3N3O2/c13-12(14,15)7-3-1-2-4-9(7)18-11(20)5-10(19)8(6-16)17-18/h1-5,19H,6,16H2. The Hall–Kier alpha value is -2.35. The summed E-state index contributed by atoms with van der Waals surface area (Å²) in [5.41, 5.74) is 2.95. The number of benzene rings is 1. The molecule has 0 amide bonds. The molecule has 3 N–H and O–H groups in total. The Kier molecular flexibility index (Phi) is 3.49.